The summed E-state index contributed by atoms with van der Waals surface area (Å²) in [5, 5.41) is 27.2. The zero-order chi connectivity index (χ0) is 28.3. The van der Waals surface area contributed by atoms with Gasteiger partial charge in [0, 0.05) is 19.3 Å². The smallest absolute Gasteiger partial charge is 0.303 e. The first-order valence-electron chi connectivity index (χ1n) is 15.8. The second-order valence-corrected chi connectivity index (χ2v) is 11.4. The minimum Gasteiger partial charge on any atom is -0.481 e. The van der Waals surface area contributed by atoms with Crippen LogP contribution in [0, 0.1) is 0 Å². The molecule has 7 heteroatoms. The van der Waals surface area contributed by atoms with E-state index < -0.39 is 17.9 Å². The van der Waals surface area contributed by atoms with Gasteiger partial charge in [-0.05, 0) is 12.8 Å². The Morgan fingerprint density at radius 2 is 0.632 bits per heavy atom. The third-order valence-corrected chi connectivity index (χ3v) is 7.81. The number of rotatable bonds is 30. The number of hydrogen-bond donors (Lipinski definition) is 3. The monoisotopic (exact) mass is 542 g/mol. The van der Waals surface area contributed by atoms with E-state index in [1.54, 1.807) is 0 Å². The highest BCUT2D eigenvalue weighted by Crippen LogP contribution is 2.19. The van der Waals surface area contributed by atoms with Crippen molar-refractivity contribution in [1.82, 2.24) is 0 Å². The molecule has 0 rings (SSSR count). The van der Waals surface area contributed by atoms with Gasteiger partial charge in [-0.25, -0.2) is 0 Å². The fourth-order valence-electron chi connectivity index (χ4n) is 5.54. The first-order valence-corrected chi connectivity index (χ1v) is 15.8. The van der Waals surface area contributed by atoms with Crippen LogP contribution in [0.15, 0.2) is 0 Å². The van der Waals surface area contributed by atoms with Crippen molar-refractivity contribution in [2.24, 2.45) is 0 Å². The van der Waals surface area contributed by atoms with E-state index in [-0.39, 0.29) is 19.3 Å². The first kappa shape index (κ1) is 36.4. The topological polar surface area (TPSA) is 112 Å². The van der Waals surface area contributed by atoms with Gasteiger partial charge in [0.25, 0.3) is 0 Å². The van der Waals surface area contributed by atoms with Gasteiger partial charge in [-0.3, -0.25) is 14.4 Å². The van der Waals surface area contributed by atoms with Gasteiger partial charge in [-0.15, -0.1) is 0 Å². The molecule has 0 amide bonds. The van der Waals surface area contributed by atoms with E-state index >= 15 is 0 Å². The number of unbranched alkanes of at least 4 members (excludes halogenated alkanes) is 16. The quantitative estimate of drug-likeness (QED) is 0.0625. The van der Waals surface area contributed by atoms with Crippen LogP contribution in [0.25, 0.3) is 0 Å². The molecule has 0 fully saturated rings. The summed E-state index contributed by atoms with van der Waals surface area (Å²) < 4.78 is 0.645. The third-order valence-electron chi connectivity index (χ3n) is 7.81. The second-order valence-electron chi connectivity index (χ2n) is 11.4. The summed E-state index contributed by atoms with van der Waals surface area (Å²) >= 11 is 0. The Bertz CT molecular complexity index is 545. The molecule has 0 bridgehead atoms. The van der Waals surface area contributed by atoms with Crippen LogP contribution in [0.1, 0.15) is 155 Å². The fraction of sp³-hybridized carbons (Fsp3) is 0.903. The van der Waals surface area contributed by atoms with Crippen LogP contribution in [-0.2, 0) is 14.4 Å². The number of carbonyl (C=O) groups is 3. The maximum atomic E-state index is 11.1. The number of carboxylic acid groups (broad SMARTS) is 3. The molecule has 0 aromatic heterocycles. The zero-order valence-electron chi connectivity index (χ0n) is 24.6. The molecule has 0 saturated carbocycles. The molecule has 0 radical (unpaired) electrons. The van der Waals surface area contributed by atoms with Crippen molar-refractivity contribution in [2.75, 3.05) is 26.2 Å². The minimum absolute atomic E-state index is 0.0942. The van der Waals surface area contributed by atoms with E-state index in [0.717, 1.165) is 19.4 Å². The molecule has 0 heterocycles. The highest BCUT2D eigenvalue weighted by molar-refractivity contribution is 5.67. The maximum Gasteiger partial charge on any atom is 0.303 e. The normalized spacial score (nSPS) is 11.6. The molecule has 0 spiro atoms. The molecule has 7 nitrogen and oxygen atoms in total. The number of aliphatic carboxylic acids is 3. The lowest BCUT2D eigenvalue weighted by Gasteiger charge is -2.39. The molecular weight excluding hydrogens is 482 g/mol. The molecule has 224 valence electrons. The lowest BCUT2D eigenvalue weighted by Crippen LogP contribution is -2.51. The highest BCUT2D eigenvalue weighted by atomic mass is 16.4. The molecule has 0 aromatic carbocycles. The number of quaternary nitrogens is 1. The molecule has 0 saturated heterocycles. The van der Waals surface area contributed by atoms with Gasteiger partial charge in [0.15, 0.2) is 0 Å². The van der Waals surface area contributed by atoms with Gasteiger partial charge in [0.1, 0.15) is 0 Å². The van der Waals surface area contributed by atoms with Crippen molar-refractivity contribution in [1.29, 1.82) is 0 Å². The molecule has 0 atom stereocenters. The van der Waals surface area contributed by atoms with Gasteiger partial charge < -0.3 is 19.8 Å². The summed E-state index contributed by atoms with van der Waals surface area (Å²) in [5.41, 5.74) is 0. The summed E-state index contributed by atoms with van der Waals surface area (Å²) in [6, 6.07) is 0. The molecule has 0 aromatic rings. The average molecular weight is 543 g/mol. The Hall–Kier alpha value is -1.63. The summed E-state index contributed by atoms with van der Waals surface area (Å²) in [4.78, 5) is 33.2. The predicted octanol–water partition coefficient (Wildman–Crippen LogP) is 8.05. The van der Waals surface area contributed by atoms with E-state index in [0.29, 0.717) is 43.4 Å². The third kappa shape index (κ3) is 24.7. The van der Waals surface area contributed by atoms with Crippen LogP contribution >= 0.6 is 0 Å². The Balaban J connectivity index is 4.17. The van der Waals surface area contributed by atoms with Gasteiger partial charge in [0.05, 0.1) is 45.4 Å². The van der Waals surface area contributed by atoms with Crippen molar-refractivity contribution in [3.8, 4) is 0 Å². The molecule has 0 aliphatic rings. The van der Waals surface area contributed by atoms with Crippen molar-refractivity contribution in [3.05, 3.63) is 0 Å². The van der Waals surface area contributed by atoms with Gasteiger partial charge >= 0.3 is 17.9 Å². The van der Waals surface area contributed by atoms with Crippen LogP contribution in [0.3, 0.4) is 0 Å². The Labute approximate surface area is 233 Å². The maximum absolute atomic E-state index is 11.1. The largest absolute Gasteiger partial charge is 0.481 e. The molecule has 0 aliphatic heterocycles. The standard InChI is InChI=1S/C31H59NO6/c1-2-3-4-5-6-7-8-9-10-11-12-13-14-15-16-17-18-25-32(26-19-22-29(33)34,27-20-23-30(35)36)28-21-24-31(37)38/h2-28H2,1H3,(H2-,33,34,35,36,37,38)/p+1. The molecule has 38 heavy (non-hydrogen) atoms. The van der Waals surface area contributed by atoms with E-state index in [1.165, 1.54) is 96.3 Å². The van der Waals surface area contributed by atoms with Crippen LogP contribution in [0.4, 0.5) is 0 Å². The first-order chi connectivity index (χ1) is 18.3. The molecule has 0 unspecified atom stereocenters. The summed E-state index contributed by atoms with van der Waals surface area (Å²) in [6.07, 6.45) is 24.3. The number of carboxylic acids is 3. The van der Waals surface area contributed by atoms with Crippen molar-refractivity contribution in [2.45, 2.75) is 155 Å². The second kappa shape index (κ2) is 25.6. The Morgan fingerprint density at radius 1 is 0.395 bits per heavy atom. The van der Waals surface area contributed by atoms with E-state index in [9.17, 15) is 14.4 Å². The van der Waals surface area contributed by atoms with E-state index in [4.69, 9.17) is 15.3 Å². The van der Waals surface area contributed by atoms with Crippen LogP contribution in [0.5, 0.6) is 0 Å². The summed E-state index contributed by atoms with van der Waals surface area (Å²) in [5.74, 6) is -2.47. The molecule has 0 aliphatic carbocycles. The molecule has 3 N–H and O–H groups in total. The number of nitrogens with zero attached hydrogens (tertiary/aromatic N) is 1. The van der Waals surface area contributed by atoms with Crippen molar-refractivity contribution < 1.29 is 34.2 Å². The van der Waals surface area contributed by atoms with E-state index in [1.807, 2.05) is 0 Å². The fourth-order valence-corrected chi connectivity index (χ4v) is 5.54. The minimum atomic E-state index is -0.822. The van der Waals surface area contributed by atoms with Crippen LogP contribution in [0.2, 0.25) is 0 Å². The highest BCUT2D eigenvalue weighted by Gasteiger charge is 2.27. The summed E-state index contributed by atoms with van der Waals surface area (Å²) in [7, 11) is 0. The van der Waals surface area contributed by atoms with Gasteiger partial charge in [-0.2, -0.15) is 0 Å². The lowest BCUT2D eigenvalue weighted by atomic mass is 10.0. The average Bonchev–Trinajstić information content (AvgIpc) is 2.85. The summed E-state index contributed by atoms with van der Waals surface area (Å²) in [6.45, 7) is 5.15. The zero-order valence-corrected chi connectivity index (χ0v) is 24.6. The van der Waals surface area contributed by atoms with Gasteiger partial charge in [0.2, 0.25) is 0 Å². The van der Waals surface area contributed by atoms with E-state index in [2.05, 4.69) is 6.92 Å². The molecular formula is C31H60NO6+. The Kier molecular flexibility index (Phi) is 24.5. The number of hydrogen-bond acceptors (Lipinski definition) is 3. The Morgan fingerprint density at radius 3 is 0.895 bits per heavy atom. The predicted molar refractivity (Wildman–Crippen MR) is 155 cm³/mol. The van der Waals surface area contributed by atoms with Crippen molar-refractivity contribution in [3.63, 3.8) is 0 Å². The van der Waals surface area contributed by atoms with Crippen molar-refractivity contribution >= 4 is 17.9 Å². The van der Waals surface area contributed by atoms with Crippen LogP contribution in [-0.4, -0.2) is 63.9 Å². The lowest BCUT2D eigenvalue weighted by molar-refractivity contribution is -0.929. The van der Waals surface area contributed by atoms with Gasteiger partial charge in [-0.1, -0.05) is 103 Å². The van der Waals surface area contributed by atoms with Crippen LogP contribution < -0.4 is 0 Å². The SMILES string of the molecule is CCCCCCCCCCCCCCCCCCC[N+](CCCC(=O)O)(CCCC(=O)O)CCCC(=O)O.